The smallest absolute Gasteiger partial charge is 0.338 e. The number of rotatable bonds is 28. The van der Waals surface area contributed by atoms with Crippen LogP contribution in [0.3, 0.4) is 0 Å². The van der Waals surface area contributed by atoms with E-state index in [4.69, 9.17) is 90.4 Å². The Labute approximate surface area is 667 Å². The van der Waals surface area contributed by atoms with Crippen LogP contribution in [-0.4, -0.2) is 237 Å². The van der Waals surface area contributed by atoms with Crippen LogP contribution in [0.25, 0.3) is 0 Å². The topological polar surface area (TPSA) is 483 Å². The molecule has 3 fully saturated rings. The van der Waals surface area contributed by atoms with Crippen molar-refractivity contribution in [3.63, 3.8) is 0 Å². The highest BCUT2D eigenvalue weighted by Gasteiger charge is 2.58. The molecule has 4 aromatic rings. The van der Waals surface area contributed by atoms with Crippen molar-refractivity contribution in [2.45, 2.75) is 203 Å². The molecule has 3 N–H and O–H groups in total. The van der Waals surface area contributed by atoms with Gasteiger partial charge in [-0.15, -0.1) is 0 Å². The lowest BCUT2D eigenvalue weighted by Crippen LogP contribution is -2.64. The molecule has 3 aliphatic heterocycles. The van der Waals surface area contributed by atoms with Gasteiger partial charge in [0, 0.05) is 27.7 Å². The predicted octanol–water partition coefficient (Wildman–Crippen LogP) is 6.79. The molecule has 3 unspecified atom stereocenters. The number of hydrogen-bond donors (Lipinski definition) is 3. The summed E-state index contributed by atoms with van der Waals surface area (Å²) in [6.45, 7) is 19.6. The summed E-state index contributed by atoms with van der Waals surface area (Å²) in [6.07, 6.45) is -22.2. The molecule has 36 heteroatoms. The number of carbonyl (C=O) groups is 15. The Kier molecular flexibility index (Phi) is 35.7. The lowest BCUT2D eigenvalue weighted by Gasteiger charge is -2.45. The van der Waals surface area contributed by atoms with Crippen LogP contribution < -0.4 is 0 Å². The summed E-state index contributed by atoms with van der Waals surface area (Å²) >= 11 is 0. The third-order valence-corrected chi connectivity index (χ3v) is 15.9. The highest BCUT2D eigenvalue weighted by Crippen LogP contribution is 2.37. The van der Waals surface area contributed by atoms with E-state index in [-0.39, 0.29) is 22.3 Å². The average molecular weight is 1640 g/mol. The summed E-state index contributed by atoms with van der Waals surface area (Å²) in [5.74, 6) is -13.3. The second-order valence-corrected chi connectivity index (χ2v) is 30.1. The minimum atomic E-state index is -1.69. The van der Waals surface area contributed by atoms with Crippen molar-refractivity contribution in [3.05, 3.63) is 144 Å². The molecule has 634 valence electrons. The van der Waals surface area contributed by atoms with Crippen LogP contribution in [0.5, 0.6) is 0 Å². The minimum absolute atomic E-state index is 0.111. The van der Waals surface area contributed by atoms with Gasteiger partial charge in [-0.05, 0) is 132 Å². The molecule has 116 heavy (non-hydrogen) atoms. The van der Waals surface area contributed by atoms with E-state index >= 15 is 0 Å². The summed E-state index contributed by atoms with van der Waals surface area (Å²) in [6, 6.07) is 31.6. The highest BCUT2D eigenvalue weighted by atomic mass is 16.8. The Bertz CT molecular complexity index is 3980. The van der Waals surface area contributed by atoms with E-state index < -0.39 is 243 Å². The molecule has 0 spiro atoms. The number of carbonyl (C=O) groups excluding carboxylic acids is 12. The Balaban J connectivity index is 0.000000322. The molecule has 0 bridgehead atoms. The van der Waals surface area contributed by atoms with E-state index in [0.29, 0.717) is 0 Å². The summed E-state index contributed by atoms with van der Waals surface area (Å²) < 4.78 is 99.5. The standard InChI is InChI=1S/C36H30O12.C28H46O12.C16H22O12/c37-28(38)22-44-36-31(48-35(42)26-19-11-4-12-20-26)30(47-34(41)25-17-9-3-10-18-25)29(46-33(40)24-15-7-2-8-16-24)27(45-36)21-43-32(39)23-13-5-1-6-14-23;1-25(2,3)21(31)36-13-15-17(38-22(32)26(4,5)6)18(39-23(33)27(7,8)9)19(40-24(34)28(10,11)12)20(37-15)35-14-16(29)30;1-7(17)23-5-11-13(25-8(2)18)14(26-9(3)19)15(27-10(4)20)16(28-11)24-6-12(21)22/h1-20,27,29-31,36H,21-22H2,(H,37,38);15,17-20H,13-14H2,1-12H3,(H,29,30);11,13-16H,5-6H2,1-4H3,(H,21,22)/t27-,29-,30+,31+,36?;15-,17-,18+,19+,20?;11-,13-,14+,15+,16?/m111/s1. The molecule has 15 atom stereocenters. The van der Waals surface area contributed by atoms with E-state index in [1.54, 1.807) is 156 Å². The molecular formula is C80H98O36. The first-order chi connectivity index (χ1) is 54.2. The molecule has 36 nitrogen and oxygen atoms in total. The summed E-state index contributed by atoms with van der Waals surface area (Å²) in [7, 11) is 0. The van der Waals surface area contributed by atoms with Gasteiger partial charge in [-0.3, -0.25) is 38.4 Å². The van der Waals surface area contributed by atoms with Gasteiger partial charge in [-0.1, -0.05) is 72.8 Å². The quantitative estimate of drug-likeness (QED) is 0.0389. The molecule has 3 aliphatic rings. The molecule has 3 heterocycles. The van der Waals surface area contributed by atoms with Gasteiger partial charge in [0.2, 0.25) is 0 Å². The van der Waals surface area contributed by atoms with Crippen molar-refractivity contribution < 1.29 is 173 Å². The zero-order valence-corrected chi connectivity index (χ0v) is 66.8. The number of carboxylic acid groups (broad SMARTS) is 3. The molecule has 0 saturated carbocycles. The van der Waals surface area contributed by atoms with Gasteiger partial charge < -0.3 is 101 Å². The first-order valence-electron chi connectivity index (χ1n) is 36.1. The third kappa shape index (κ3) is 30.5. The zero-order valence-electron chi connectivity index (χ0n) is 66.8. The van der Waals surface area contributed by atoms with E-state index in [0.717, 1.165) is 27.7 Å². The van der Waals surface area contributed by atoms with Crippen LogP contribution >= 0.6 is 0 Å². The minimum Gasteiger partial charge on any atom is -0.480 e. The monoisotopic (exact) mass is 1630 g/mol. The molecule has 7 rings (SSSR count). The molecular weight excluding hydrogens is 1540 g/mol. The Morgan fingerprint density at radius 2 is 0.509 bits per heavy atom. The average Bonchev–Trinajstić information content (AvgIpc) is 0.776. The number of carboxylic acids is 3. The van der Waals surface area contributed by atoms with Gasteiger partial charge in [-0.25, -0.2) is 33.6 Å². The number of aliphatic carboxylic acids is 3. The van der Waals surface area contributed by atoms with Crippen molar-refractivity contribution >= 4 is 89.5 Å². The highest BCUT2D eigenvalue weighted by molar-refractivity contribution is 5.92. The second kappa shape index (κ2) is 43.4. The van der Waals surface area contributed by atoms with Crippen molar-refractivity contribution in [2.24, 2.45) is 21.7 Å². The van der Waals surface area contributed by atoms with E-state index in [9.17, 15) is 82.1 Å². The van der Waals surface area contributed by atoms with Crippen molar-refractivity contribution in [1.82, 2.24) is 0 Å². The summed E-state index contributed by atoms with van der Waals surface area (Å²) in [5.41, 5.74) is -3.36. The van der Waals surface area contributed by atoms with Crippen LogP contribution in [0, 0.1) is 21.7 Å². The first-order valence-corrected chi connectivity index (χ1v) is 36.1. The van der Waals surface area contributed by atoms with Crippen LogP contribution in [0.1, 0.15) is 152 Å². The van der Waals surface area contributed by atoms with Gasteiger partial charge in [0.15, 0.2) is 73.8 Å². The summed E-state index contributed by atoms with van der Waals surface area (Å²) in [4.78, 5) is 184. The van der Waals surface area contributed by atoms with Gasteiger partial charge >= 0.3 is 89.5 Å². The predicted molar refractivity (Wildman–Crippen MR) is 392 cm³/mol. The van der Waals surface area contributed by atoms with Crippen LogP contribution in [0.15, 0.2) is 121 Å². The van der Waals surface area contributed by atoms with Gasteiger partial charge in [-0.2, -0.15) is 0 Å². The number of hydrogen-bond acceptors (Lipinski definition) is 33. The Hall–Kier alpha value is -11.3. The normalized spacial score (nSPS) is 23.1. The largest absolute Gasteiger partial charge is 0.480 e. The molecule has 0 radical (unpaired) electrons. The lowest BCUT2D eigenvalue weighted by molar-refractivity contribution is -0.311. The Morgan fingerprint density at radius 1 is 0.276 bits per heavy atom. The second-order valence-electron chi connectivity index (χ2n) is 30.1. The number of ether oxygens (including phenoxy) is 18. The summed E-state index contributed by atoms with van der Waals surface area (Å²) in [5, 5.41) is 27.5. The first kappa shape index (κ1) is 95.3. The van der Waals surface area contributed by atoms with Gasteiger partial charge in [0.25, 0.3) is 0 Å². The maximum atomic E-state index is 13.5. The van der Waals surface area contributed by atoms with E-state index in [1.165, 1.54) is 48.5 Å². The number of esters is 12. The lowest BCUT2D eigenvalue weighted by atomic mass is 9.93. The maximum absolute atomic E-state index is 13.5. The molecule has 4 aromatic carbocycles. The maximum Gasteiger partial charge on any atom is 0.338 e. The van der Waals surface area contributed by atoms with Crippen LogP contribution in [-0.2, 0) is 138 Å². The zero-order chi connectivity index (χ0) is 86.7. The Morgan fingerprint density at radius 3 is 0.836 bits per heavy atom. The molecule has 0 amide bonds. The molecule has 0 aliphatic carbocycles. The SMILES string of the molecule is CC(=O)OC[C@H]1OC(OCC(=O)O)[C@@H](OC(C)=O)[C@@H](OC(C)=O)[C@@H]1OC(C)=O.CC(C)(C)C(=O)OC[C@H]1OC(OCC(=O)O)[C@@H](OC(=O)C(C)(C)C)[C@@H](OC(=O)C(C)(C)C)[C@@H]1OC(=O)C(C)(C)C.O=C(O)COC1O[C@H](COC(=O)c2ccccc2)[C@@H](OC(=O)c2ccccc2)[C@H](OC(=O)c2ccccc2)[C@@H]1OC(=O)c1ccccc1. The van der Waals surface area contributed by atoms with Crippen molar-refractivity contribution in [3.8, 4) is 0 Å². The fourth-order valence-corrected chi connectivity index (χ4v) is 10.3. The van der Waals surface area contributed by atoms with Crippen molar-refractivity contribution in [2.75, 3.05) is 39.6 Å². The molecule has 3 saturated heterocycles. The van der Waals surface area contributed by atoms with Crippen molar-refractivity contribution in [1.29, 1.82) is 0 Å². The van der Waals surface area contributed by atoms with Crippen LogP contribution in [0.2, 0.25) is 0 Å². The van der Waals surface area contributed by atoms with Crippen LogP contribution in [0.4, 0.5) is 0 Å². The fraction of sp³-hybridized carbons (Fsp3) is 0.512. The van der Waals surface area contributed by atoms with E-state index in [1.807, 2.05) is 0 Å². The number of benzene rings is 4. The fourth-order valence-electron chi connectivity index (χ4n) is 10.3. The van der Waals surface area contributed by atoms with Gasteiger partial charge in [0.05, 0.1) is 43.9 Å². The molecule has 0 aromatic heterocycles. The van der Waals surface area contributed by atoms with Gasteiger partial charge in [0.1, 0.15) is 58.0 Å². The van der Waals surface area contributed by atoms with E-state index in [2.05, 4.69) is 0 Å². The third-order valence-electron chi connectivity index (χ3n) is 15.9.